The van der Waals surface area contributed by atoms with E-state index in [4.69, 9.17) is 12.2 Å². The Morgan fingerprint density at radius 2 is 2.18 bits per heavy atom. The van der Waals surface area contributed by atoms with Crippen LogP contribution in [0.2, 0.25) is 0 Å². The molecular formula is C14H18N2O. The zero-order chi connectivity index (χ0) is 12.7. The molecule has 1 rings (SSSR count). The molecule has 0 saturated heterocycles. The van der Waals surface area contributed by atoms with Gasteiger partial charge in [0, 0.05) is 12.1 Å². The Morgan fingerprint density at radius 3 is 2.76 bits per heavy atom. The summed E-state index contributed by atoms with van der Waals surface area (Å²) < 4.78 is 0. The molecule has 0 aliphatic rings. The van der Waals surface area contributed by atoms with Crippen LogP contribution in [0.5, 0.6) is 0 Å². The number of carbonyl (C=O) groups is 1. The van der Waals surface area contributed by atoms with Crippen LogP contribution >= 0.6 is 0 Å². The highest BCUT2D eigenvalue weighted by Crippen LogP contribution is 2.12. The van der Waals surface area contributed by atoms with Crippen molar-refractivity contribution in [1.82, 2.24) is 4.90 Å². The molecular weight excluding hydrogens is 212 g/mol. The van der Waals surface area contributed by atoms with Gasteiger partial charge in [0.25, 0.3) is 5.91 Å². The van der Waals surface area contributed by atoms with E-state index in [9.17, 15) is 4.79 Å². The first-order valence-corrected chi connectivity index (χ1v) is 5.75. The van der Waals surface area contributed by atoms with E-state index in [0.717, 1.165) is 5.56 Å². The summed E-state index contributed by atoms with van der Waals surface area (Å²) in [6, 6.07) is 7.53. The van der Waals surface area contributed by atoms with Gasteiger partial charge in [0.05, 0.1) is 6.54 Å². The molecule has 90 valence electrons. The fourth-order valence-corrected chi connectivity index (χ4v) is 1.71. The molecule has 1 amide bonds. The first-order chi connectivity index (χ1) is 8.24. The molecule has 0 aromatic heterocycles. The molecule has 0 aliphatic carbocycles. The van der Waals surface area contributed by atoms with Crippen LogP contribution in [0.15, 0.2) is 24.3 Å². The molecule has 3 nitrogen and oxygen atoms in total. The molecule has 0 bridgehead atoms. The number of amides is 1. The molecule has 3 heteroatoms. The minimum atomic E-state index is -0.0190. The molecule has 1 aromatic rings. The van der Waals surface area contributed by atoms with Gasteiger partial charge in [-0.05, 0) is 31.5 Å². The maximum absolute atomic E-state index is 12.3. The molecule has 0 fully saturated rings. The smallest absolute Gasteiger partial charge is 0.254 e. The van der Waals surface area contributed by atoms with Gasteiger partial charge in [0.15, 0.2) is 0 Å². The fraction of sp³-hybridized carbons (Fsp3) is 0.357. The summed E-state index contributed by atoms with van der Waals surface area (Å²) in [6.45, 7) is 3.40. The summed E-state index contributed by atoms with van der Waals surface area (Å²) in [7, 11) is 0. The van der Waals surface area contributed by atoms with Crippen LogP contribution in [0.4, 0.5) is 0 Å². The molecule has 0 heterocycles. The van der Waals surface area contributed by atoms with Crippen LogP contribution in [0, 0.1) is 12.3 Å². The zero-order valence-corrected chi connectivity index (χ0v) is 10.1. The van der Waals surface area contributed by atoms with Crippen molar-refractivity contribution in [2.24, 2.45) is 5.73 Å². The molecule has 1 aromatic carbocycles. The van der Waals surface area contributed by atoms with Crippen LogP contribution < -0.4 is 5.73 Å². The van der Waals surface area contributed by atoms with Crippen molar-refractivity contribution in [1.29, 1.82) is 0 Å². The van der Waals surface area contributed by atoms with Gasteiger partial charge in [-0.3, -0.25) is 4.79 Å². The molecule has 0 unspecified atom stereocenters. The molecule has 0 atom stereocenters. The number of hydrogen-bond acceptors (Lipinski definition) is 2. The standard InChI is InChI=1S/C14H18N2O/c1-3-11-16(4-2)14(17)13-8-6-5-7-12(13)9-10-15/h1,5-8H,4,9-11,15H2,2H3. The first kappa shape index (κ1) is 13.3. The topological polar surface area (TPSA) is 46.3 Å². The van der Waals surface area contributed by atoms with Crippen LogP contribution in [0.25, 0.3) is 0 Å². The number of carbonyl (C=O) groups excluding carboxylic acids is 1. The summed E-state index contributed by atoms with van der Waals surface area (Å²) >= 11 is 0. The summed E-state index contributed by atoms with van der Waals surface area (Å²) in [5.41, 5.74) is 7.23. The lowest BCUT2D eigenvalue weighted by molar-refractivity contribution is 0.0784. The zero-order valence-electron chi connectivity index (χ0n) is 10.1. The highest BCUT2D eigenvalue weighted by Gasteiger charge is 2.15. The Morgan fingerprint density at radius 1 is 1.47 bits per heavy atom. The maximum atomic E-state index is 12.3. The third kappa shape index (κ3) is 3.33. The number of benzene rings is 1. The van der Waals surface area contributed by atoms with Crippen molar-refractivity contribution in [3.8, 4) is 12.3 Å². The lowest BCUT2D eigenvalue weighted by Crippen LogP contribution is -2.32. The second kappa shape index (κ2) is 6.72. The van der Waals surface area contributed by atoms with E-state index in [1.165, 1.54) is 0 Å². The third-order valence-electron chi connectivity index (χ3n) is 2.61. The fourth-order valence-electron chi connectivity index (χ4n) is 1.71. The lowest BCUT2D eigenvalue weighted by Gasteiger charge is -2.19. The van der Waals surface area contributed by atoms with E-state index in [0.29, 0.717) is 31.6 Å². The Labute approximate surface area is 103 Å². The molecule has 17 heavy (non-hydrogen) atoms. The average Bonchev–Trinajstić information content (AvgIpc) is 2.36. The van der Waals surface area contributed by atoms with Crippen molar-refractivity contribution in [3.63, 3.8) is 0 Å². The van der Waals surface area contributed by atoms with E-state index in [1.54, 1.807) is 4.90 Å². The predicted molar refractivity (Wildman–Crippen MR) is 69.6 cm³/mol. The summed E-state index contributed by atoms with van der Waals surface area (Å²) in [5, 5.41) is 0. The Kier molecular flexibility index (Phi) is 5.25. The SMILES string of the molecule is C#CCN(CC)C(=O)c1ccccc1CCN. The van der Waals surface area contributed by atoms with Crippen LogP contribution in [0.3, 0.4) is 0 Å². The van der Waals surface area contributed by atoms with Gasteiger partial charge < -0.3 is 10.6 Å². The van der Waals surface area contributed by atoms with E-state index in [-0.39, 0.29) is 5.91 Å². The van der Waals surface area contributed by atoms with E-state index >= 15 is 0 Å². The van der Waals surface area contributed by atoms with Gasteiger partial charge in [-0.15, -0.1) is 6.42 Å². The van der Waals surface area contributed by atoms with Gasteiger partial charge in [0.1, 0.15) is 0 Å². The molecule has 0 spiro atoms. The average molecular weight is 230 g/mol. The van der Waals surface area contributed by atoms with Gasteiger partial charge in [0.2, 0.25) is 0 Å². The van der Waals surface area contributed by atoms with Gasteiger partial charge in [-0.2, -0.15) is 0 Å². The highest BCUT2D eigenvalue weighted by atomic mass is 16.2. The Hall–Kier alpha value is -1.79. The van der Waals surface area contributed by atoms with E-state index < -0.39 is 0 Å². The summed E-state index contributed by atoms with van der Waals surface area (Å²) in [5.74, 6) is 2.48. The number of terminal acetylenes is 1. The number of hydrogen-bond donors (Lipinski definition) is 1. The van der Waals surface area contributed by atoms with Crippen molar-refractivity contribution >= 4 is 5.91 Å². The second-order valence-corrected chi connectivity index (χ2v) is 3.72. The normalized spacial score (nSPS) is 9.71. The van der Waals surface area contributed by atoms with Crippen LogP contribution in [-0.2, 0) is 6.42 Å². The summed E-state index contributed by atoms with van der Waals surface area (Å²) in [6.07, 6.45) is 5.96. The first-order valence-electron chi connectivity index (χ1n) is 5.75. The van der Waals surface area contributed by atoms with E-state index in [2.05, 4.69) is 5.92 Å². The lowest BCUT2D eigenvalue weighted by atomic mass is 10.0. The monoisotopic (exact) mass is 230 g/mol. The Bertz CT molecular complexity index is 420. The molecule has 2 N–H and O–H groups in total. The van der Waals surface area contributed by atoms with Crippen molar-refractivity contribution in [2.75, 3.05) is 19.6 Å². The van der Waals surface area contributed by atoms with Crippen LogP contribution in [0.1, 0.15) is 22.8 Å². The molecule has 0 radical (unpaired) electrons. The van der Waals surface area contributed by atoms with Crippen molar-refractivity contribution < 1.29 is 4.79 Å². The van der Waals surface area contributed by atoms with Gasteiger partial charge >= 0.3 is 0 Å². The maximum Gasteiger partial charge on any atom is 0.254 e. The minimum absolute atomic E-state index is 0.0190. The number of nitrogens with two attached hydrogens (primary N) is 1. The van der Waals surface area contributed by atoms with E-state index in [1.807, 2.05) is 31.2 Å². The predicted octanol–water partition coefficient (Wildman–Crippen LogP) is 1.28. The minimum Gasteiger partial charge on any atom is -0.330 e. The largest absolute Gasteiger partial charge is 0.330 e. The molecule has 0 saturated carbocycles. The highest BCUT2D eigenvalue weighted by molar-refractivity contribution is 5.95. The Balaban J connectivity index is 2.98. The van der Waals surface area contributed by atoms with Crippen molar-refractivity contribution in [2.45, 2.75) is 13.3 Å². The van der Waals surface area contributed by atoms with Gasteiger partial charge in [-0.1, -0.05) is 24.1 Å². The second-order valence-electron chi connectivity index (χ2n) is 3.72. The molecule has 0 aliphatic heterocycles. The van der Waals surface area contributed by atoms with Crippen LogP contribution in [-0.4, -0.2) is 30.4 Å². The summed E-state index contributed by atoms with van der Waals surface area (Å²) in [4.78, 5) is 13.9. The van der Waals surface area contributed by atoms with Gasteiger partial charge in [-0.25, -0.2) is 0 Å². The third-order valence-corrected chi connectivity index (χ3v) is 2.61. The van der Waals surface area contributed by atoms with Crippen molar-refractivity contribution in [3.05, 3.63) is 35.4 Å². The quantitative estimate of drug-likeness (QED) is 0.775. The number of nitrogens with zero attached hydrogens (tertiary/aromatic N) is 1. The number of rotatable bonds is 5.